The first-order chi connectivity index (χ1) is 27.2. The number of carbonyl (C=O) groups excluding carboxylic acids is 3. The zero-order valence-electron chi connectivity index (χ0n) is 32.4. The fraction of sp³-hybridized carbons (Fsp3) is 0.435. The van der Waals surface area contributed by atoms with Crippen LogP contribution < -0.4 is 5.32 Å². The molecule has 3 aliphatic heterocycles. The summed E-state index contributed by atoms with van der Waals surface area (Å²) in [5.74, 6) is -0.231. The molecular formula is C46H50FN5O4. The number of rotatable bonds is 12. The summed E-state index contributed by atoms with van der Waals surface area (Å²) < 4.78 is 18.1. The second-order valence-electron chi connectivity index (χ2n) is 16.5. The SMILES string of the molecule is COC(=O)C[C@H](C(=O)N1CCC[C@H]1C1=NC=C(c2ccc(-c3ccc(C4=CN=C([C@@H]5[C@H]6CC[C@H](C6)[C@H]5C(=O)NCc5ccc(F)nc5)C4)cc3)cc2)C1)C(C)C. The Morgan fingerprint density at radius 2 is 1.46 bits per heavy atom. The largest absolute Gasteiger partial charge is 0.469 e. The van der Waals surface area contributed by atoms with Crippen LogP contribution in [0.5, 0.6) is 0 Å². The highest BCUT2D eigenvalue weighted by Crippen LogP contribution is 2.54. The highest BCUT2D eigenvalue weighted by molar-refractivity contribution is 6.04. The van der Waals surface area contributed by atoms with Crippen molar-refractivity contribution in [3.05, 3.63) is 102 Å². The molecule has 0 spiro atoms. The molecule has 2 saturated carbocycles. The number of nitrogens with one attached hydrogen (secondary N) is 1. The summed E-state index contributed by atoms with van der Waals surface area (Å²) in [4.78, 5) is 54.6. The van der Waals surface area contributed by atoms with E-state index in [1.165, 1.54) is 24.9 Å². The van der Waals surface area contributed by atoms with Gasteiger partial charge in [0.25, 0.3) is 0 Å². The Bertz CT molecular complexity index is 2100. The summed E-state index contributed by atoms with van der Waals surface area (Å²) in [5.41, 5.74) is 9.75. The average molecular weight is 756 g/mol. The Hall–Kier alpha value is -5.25. The van der Waals surface area contributed by atoms with Gasteiger partial charge in [-0.25, -0.2) is 4.98 Å². The number of amides is 2. The van der Waals surface area contributed by atoms with Gasteiger partial charge in [0.15, 0.2) is 0 Å². The molecule has 0 unspecified atom stereocenters. The van der Waals surface area contributed by atoms with E-state index in [9.17, 15) is 18.8 Å². The van der Waals surface area contributed by atoms with Gasteiger partial charge in [0.1, 0.15) is 0 Å². The Morgan fingerprint density at radius 1 is 0.839 bits per heavy atom. The molecule has 4 heterocycles. The van der Waals surface area contributed by atoms with Crippen LogP contribution in [0.4, 0.5) is 4.39 Å². The molecule has 5 aliphatic rings. The lowest BCUT2D eigenvalue weighted by Crippen LogP contribution is -2.45. The van der Waals surface area contributed by atoms with Crippen LogP contribution in [0.1, 0.15) is 81.9 Å². The van der Waals surface area contributed by atoms with E-state index >= 15 is 0 Å². The number of aromatic nitrogens is 1. The molecule has 2 aromatic carbocycles. The van der Waals surface area contributed by atoms with Crippen LogP contribution in [0.15, 0.2) is 89.2 Å². The number of aliphatic imine (C=N–C) groups is 2. The fourth-order valence-corrected chi connectivity index (χ4v) is 9.84. The van der Waals surface area contributed by atoms with E-state index in [-0.39, 0.29) is 48.0 Å². The van der Waals surface area contributed by atoms with Gasteiger partial charge >= 0.3 is 5.97 Å². The molecule has 2 bridgehead atoms. The minimum Gasteiger partial charge on any atom is -0.469 e. The van der Waals surface area contributed by atoms with Gasteiger partial charge < -0.3 is 15.0 Å². The predicted octanol–water partition coefficient (Wildman–Crippen LogP) is 8.06. The molecule has 1 aromatic heterocycles. The molecule has 10 heteroatoms. The molecule has 0 radical (unpaired) electrons. The summed E-state index contributed by atoms with van der Waals surface area (Å²) in [6, 6.07) is 20.2. The lowest BCUT2D eigenvalue weighted by atomic mass is 9.75. The Labute approximate surface area is 328 Å². The third-order valence-corrected chi connectivity index (χ3v) is 12.9. The standard InChI is InChI=1S/C46H50FN5O4/c1-27(2)37(22-42(53)56-3)46(55)52-18-4-5-40(52)38-20-35(25-48-38)31-11-7-29(8-12-31)30-9-13-32(14-10-30)36-21-39(49-26-36)43-33-15-16-34(19-33)44(43)45(54)51-24-28-6-17-41(47)50-23-28/h6-14,17,23,25-27,33-34,37,40,43-44H,4-5,15-16,18-22,24H2,1-3H3,(H,51,54)/t33-,34+,37-,40-,43-,44+/m0/s1. The van der Waals surface area contributed by atoms with Crippen LogP contribution in [0.3, 0.4) is 0 Å². The first-order valence-electron chi connectivity index (χ1n) is 20.1. The lowest BCUT2D eigenvalue weighted by Gasteiger charge is -2.30. The van der Waals surface area contributed by atoms with Crippen molar-refractivity contribution < 1.29 is 23.5 Å². The average Bonchev–Trinajstić information content (AvgIpc) is 4.08. The second kappa shape index (κ2) is 16.1. The minimum atomic E-state index is -0.525. The minimum absolute atomic E-state index is 0.0180. The van der Waals surface area contributed by atoms with Gasteiger partial charge in [0, 0.05) is 67.8 Å². The van der Waals surface area contributed by atoms with Crippen LogP contribution >= 0.6 is 0 Å². The van der Waals surface area contributed by atoms with E-state index < -0.39 is 11.9 Å². The number of esters is 1. The Kier molecular flexibility index (Phi) is 10.8. The fourth-order valence-electron chi connectivity index (χ4n) is 9.84. The first kappa shape index (κ1) is 37.7. The molecule has 9 nitrogen and oxygen atoms in total. The lowest BCUT2D eigenvalue weighted by molar-refractivity contribution is -0.148. The number of benzene rings is 2. The third-order valence-electron chi connectivity index (χ3n) is 12.9. The third kappa shape index (κ3) is 7.62. The molecule has 2 aliphatic carbocycles. The molecular weight excluding hydrogens is 706 g/mol. The molecule has 3 aromatic rings. The molecule has 2 amide bonds. The number of allylic oxidation sites excluding steroid dienone is 2. The number of nitrogens with zero attached hydrogens (tertiary/aromatic N) is 4. The highest BCUT2D eigenvalue weighted by Gasteiger charge is 2.52. The number of methoxy groups -OCH3 is 1. The van der Waals surface area contributed by atoms with E-state index in [2.05, 4.69) is 58.8 Å². The van der Waals surface area contributed by atoms with Crippen molar-refractivity contribution in [3.8, 4) is 11.1 Å². The number of halogens is 1. The summed E-state index contributed by atoms with van der Waals surface area (Å²) in [6.07, 6.45) is 12.1. The molecule has 1 N–H and O–H groups in total. The van der Waals surface area contributed by atoms with Gasteiger partial charge in [-0.3, -0.25) is 24.4 Å². The number of carbonyl (C=O) groups is 3. The van der Waals surface area contributed by atoms with Crippen LogP contribution in [0, 0.1) is 41.5 Å². The number of ether oxygens (including phenoxy) is 1. The van der Waals surface area contributed by atoms with Crippen molar-refractivity contribution in [1.29, 1.82) is 0 Å². The normalized spacial score (nSPS) is 24.5. The maximum absolute atomic E-state index is 13.6. The molecule has 3 fully saturated rings. The second-order valence-corrected chi connectivity index (χ2v) is 16.5. The summed E-state index contributed by atoms with van der Waals surface area (Å²) in [6.45, 7) is 4.99. The van der Waals surface area contributed by atoms with Gasteiger partial charge in [-0.15, -0.1) is 0 Å². The highest BCUT2D eigenvalue weighted by atomic mass is 19.1. The number of hydrogen-bond acceptors (Lipinski definition) is 7. The molecule has 290 valence electrons. The number of hydrogen-bond donors (Lipinski definition) is 1. The van der Waals surface area contributed by atoms with Gasteiger partial charge in [-0.1, -0.05) is 68.4 Å². The molecule has 8 rings (SSSR count). The maximum Gasteiger partial charge on any atom is 0.306 e. The zero-order valence-corrected chi connectivity index (χ0v) is 32.4. The molecule has 56 heavy (non-hydrogen) atoms. The van der Waals surface area contributed by atoms with Gasteiger partial charge in [0.2, 0.25) is 17.8 Å². The summed E-state index contributed by atoms with van der Waals surface area (Å²) in [5, 5.41) is 3.11. The number of fused-ring (bicyclic) bond motifs is 2. The van der Waals surface area contributed by atoms with Gasteiger partial charge in [0.05, 0.1) is 25.5 Å². The van der Waals surface area contributed by atoms with E-state index in [4.69, 9.17) is 14.7 Å². The summed E-state index contributed by atoms with van der Waals surface area (Å²) in [7, 11) is 1.37. The number of pyridine rings is 1. The van der Waals surface area contributed by atoms with Crippen molar-refractivity contribution in [2.75, 3.05) is 13.7 Å². The summed E-state index contributed by atoms with van der Waals surface area (Å²) >= 11 is 0. The van der Waals surface area contributed by atoms with Crippen molar-refractivity contribution in [3.63, 3.8) is 0 Å². The maximum atomic E-state index is 13.6. The zero-order chi connectivity index (χ0) is 38.9. The van der Waals surface area contributed by atoms with Gasteiger partial charge in [-0.05, 0) is 94.9 Å². The van der Waals surface area contributed by atoms with Crippen molar-refractivity contribution in [2.24, 2.45) is 45.5 Å². The Balaban J connectivity index is 0.860. The molecule has 1 saturated heterocycles. The first-order valence-corrected chi connectivity index (χ1v) is 20.1. The predicted molar refractivity (Wildman–Crippen MR) is 215 cm³/mol. The van der Waals surface area contributed by atoms with Crippen LogP contribution in [-0.2, 0) is 25.7 Å². The quantitative estimate of drug-likeness (QED) is 0.149. The van der Waals surface area contributed by atoms with Crippen LogP contribution in [0.2, 0.25) is 0 Å². The Morgan fingerprint density at radius 3 is 2.09 bits per heavy atom. The van der Waals surface area contributed by atoms with E-state index in [0.717, 1.165) is 83.3 Å². The van der Waals surface area contributed by atoms with Crippen LogP contribution in [-0.4, -0.2) is 58.8 Å². The van der Waals surface area contributed by atoms with Crippen LogP contribution in [0.25, 0.3) is 22.3 Å². The van der Waals surface area contributed by atoms with E-state index in [1.807, 2.05) is 31.1 Å². The molecule has 6 atom stereocenters. The topological polar surface area (TPSA) is 113 Å². The van der Waals surface area contributed by atoms with E-state index in [1.54, 1.807) is 6.07 Å². The number of likely N-dealkylation sites (tertiary alicyclic amines) is 1. The monoisotopic (exact) mass is 755 g/mol. The van der Waals surface area contributed by atoms with E-state index in [0.29, 0.717) is 31.3 Å². The smallest absolute Gasteiger partial charge is 0.306 e. The van der Waals surface area contributed by atoms with Crippen molar-refractivity contribution in [2.45, 2.75) is 77.8 Å². The van der Waals surface area contributed by atoms with Gasteiger partial charge in [-0.2, -0.15) is 4.39 Å². The van der Waals surface area contributed by atoms with Crippen molar-refractivity contribution in [1.82, 2.24) is 15.2 Å². The van der Waals surface area contributed by atoms with Crippen molar-refractivity contribution >= 4 is 40.4 Å².